The first-order valence-electron chi connectivity index (χ1n) is 6.50. The normalized spacial score (nSPS) is 22.8. The number of nitrogens with one attached hydrogen (secondary N) is 1. The topological polar surface area (TPSA) is 88.8 Å². The molecule has 1 fully saturated rings. The zero-order valence-electron chi connectivity index (χ0n) is 11.0. The van der Waals surface area contributed by atoms with Crippen LogP contribution in [0.2, 0.25) is 0 Å². The number of β-amino-alcohol motifs (C(OH)–C–C–N with tert-alkyl or cyclic N) is 1. The van der Waals surface area contributed by atoms with E-state index >= 15 is 0 Å². The van der Waals surface area contributed by atoms with E-state index in [2.05, 4.69) is 26.4 Å². The third kappa shape index (κ3) is 2.29. The second-order valence-corrected chi connectivity index (χ2v) is 5.12. The Bertz CT molecular complexity index is 633. The summed E-state index contributed by atoms with van der Waals surface area (Å²) >= 11 is 0. The van der Waals surface area contributed by atoms with E-state index < -0.39 is 5.60 Å². The van der Waals surface area contributed by atoms with Crippen molar-refractivity contribution in [3.63, 3.8) is 0 Å². The molecule has 2 heterocycles. The predicted octanol–water partition coefficient (Wildman–Crippen LogP) is 0.770. The Hall–Kier alpha value is -2.23. The van der Waals surface area contributed by atoms with Gasteiger partial charge in [-0.2, -0.15) is 20.7 Å². The van der Waals surface area contributed by atoms with Crippen molar-refractivity contribution in [1.82, 2.24) is 20.3 Å². The summed E-state index contributed by atoms with van der Waals surface area (Å²) in [5.41, 5.74) is 1.30. The summed E-state index contributed by atoms with van der Waals surface area (Å²) in [6, 6.07) is 9.75. The fraction of sp³-hybridized carbons (Fsp3) is 0.357. The molecular weight excluding hydrogens is 254 g/mol. The van der Waals surface area contributed by atoms with Gasteiger partial charge in [0.15, 0.2) is 0 Å². The first kappa shape index (κ1) is 12.8. The fourth-order valence-electron chi connectivity index (χ4n) is 2.65. The summed E-state index contributed by atoms with van der Waals surface area (Å²) in [5, 5.41) is 30.0. The Morgan fingerprint density at radius 1 is 1.45 bits per heavy atom. The van der Waals surface area contributed by atoms with E-state index in [9.17, 15) is 5.11 Å². The molecule has 1 saturated heterocycles. The summed E-state index contributed by atoms with van der Waals surface area (Å²) in [6.07, 6.45) is 2.18. The van der Waals surface area contributed by atoms with Gasteiger partial charge in [0.1, 0.15) is 11.3 Å². The summed E-state index contributed by atoms with van der Waals surface area (Å²) in [5.74, 6) is 0. The predicted molar refractivity (Wildman–Crippen MR) is 71.3 cm³/mol. The Labute approximate surface area is 116 Å². The van der Waals surface area contributed by atoms with Gasteiger partial charge in [-0.05, 0) is 18.1 Å². The molecule has 6 heteroatoms. The van der Waals surface area contributed by atoms with Crippen LogP contribution >= 0.6 is 0 Å². The molecule has 2 N–H and O–H groups in total. The van der Waals surface area contributed by atoms with E-state index in [0.29, 0.717) is 30.8 Å². The number of hydrogen-bond donors (Lipinski definition) is 2. The molecule has 1 atom stereocenters. The highest BCUT2D eigenvalue weighted by Crippen LogP contribution is 2.31. The molecule has 1 unspecified atom stereocenters. The Kier molecular flexibility index (Phi) is 3.22. The van der Waals surface area contributed by atoms with E-state index in [4.69, 9.17) is 5.26 Å². The van der Waals surface area contributed by atoms with Crippen LogP contribution in [0.15, 0.2) is 30.5 Å². The number of nitrogens with zero attached hydrogens (tertiary/aromatic N) is 4. The zero-order valence-corrected chi connectivity index (χ0v) is 11.0. The largest absolute Gasteiger partial charge is 0.382 e. The molecule has 3 rings (SSSR count). The van der Waals surface area contributed by atoms with Crippen molar-refractivity contribution < 1.29 is 5.11 Å². The van der Waals surface area contributed by atoms with Crippen LogP contribution in [0.25, 0.3) is 0 Å². The minimum atomic E-state index is -0.950. The molecule has 6 nitrogen and oxygen atoms in total. The molecule has 1 aromatic heterocycles. The fourth-order valence-corrected chi connectivity index (χ4v) is 2.65. The van der Waals surface area contributed by atoms with Gasteiger partial charge in [-0.15, -0.1) is 0 Å². The van der Waals surface area contributed by atoms with Crippen molar-refractivity contribution in [3.05, 3.63) is 47.3 Å². The van der Waals surface area contributed by atoms with Crippen LogP contribution in [0.5, 0.6) is 0 Å². The molecule has 1 aromatic carbocycles. The SMILES string of the molecule is N#Cc1ccccc1CN1CCC(O)(c2cn[nH]n2)C1. The third-order valence-corrected chi connectivity index (χ3v) is 3.75. The van der Waals surface area contributed by atoms with Crippen LogP contribution < -0.4 is 0 Å². The van der Waals surface area contributed by atoms with Crippen LogP contribution in [0.3, 0.4) is 0 Å². The minimum Gasteiger partial charge on any atom is -0.382 e. The van der Waals surface area contributed by atoms with Crippen molar-refractivity contribution >= 4 is 0 Å². The molecule has 0 bridgehead atoms. The van der Waals surface area contributed by atoms with Gasteiger partial charge in [-0.25, -0.2) is 0 Å². The molecule has 2 aromatic rings. The Balaban J connectivity index is 1.74. The smallest absolute Gasteiger partial charge is 0.124 e. The molecular formula is C14H15N5O. The summed E-state index contributed by atoms with van der Waals surface area (Å²) in [6.45, 7) is 1.92. The van der Waals surface area contributed by atoms with E-state index in [1.54, 1.807) is 6.20 Å². The minimum absolute atomic E-state index is 0.499. The molecule has 0 saturated carbocycles. The van der Waals surface area contributed by atoms with Crippen molar-refractivity contribution in [1.29, 1.82) is 5.26 Å². The van der Waals surface area contributed by atoms with Gasteiger partial charge in [0, 0.05) is 19.6 Å². The van der Waals surface area contributed by atoms with E-state index in [0.717, 1.165) is 12.1 Å². The van der Waals surface area contributed by atoms with Crippen LogP contribution in [0.1, 0.15) is 23.2 Å². The first-order valence-corrected chi connectivity index (χ1v) is 6.50. The highest BCUT2D eigenvalue weighted by atomic mass is 16.3. The highest BCUT2D eigenvalue weighted by molar-refractivity contribution is 5.37. The second kappa shape index (κ2) is 5.04. The molecule has 0 amide bonds. The van der Waals surface area contributed by atoms with Crippen molar-refractivity contribution in [2.24, 2.45) is 0 Å². The number of likely N-dealkylation sites (tertiary alicyclic amines) is 1. The molecule has 0 spiro atoms. The molecule has 0 aliphatic carbocycles. The lowest BCUT2D eigenvalue weighted by atomic mass is 10.00. The van der Waals surface area contributed by atoms with Gasteiger partial charge in [-0.3, -0.25) is 4.90 Å². The van der Waals surface area contributed by atoms with Gasteiger partial charge in [0.2, 0.25) is 0 Å². The maximum absolute atomic E-state index is 10.6. The average Bonchev–Trinajstić information content (AvgIpc) is 3.10. The lowest BCUT2D eigenvalue weighted by molar-refractivity contribution is 0.0408. The number of H-pyrrole nitrogens is 1. The van der Waals surface area contributed by atoms with Gasteiger partial charge in [0.25, 0.3) is 0 Å². The van der Waals surface area contributed by atoms with E-state index in [1.165, 1.54) is 0 Å². The standard InChI is InChI=1S/C14H15N5O/c15-7-11-3-1-2-4-12(11)9-19-6-5-14(20,10-19)13-8-16-18-17-13/h1-4,8,20H,5-6,9-10H2,(H,16,17,18). The quantitative estimate of drug-likeness (QED) is 0.859. The van der Waals surface area contributed by atoms with E-state index in [1.807, 2.05) is 24.3 Å². The van der Waals surface area contributed by atoms with Crippen LogP contribution in [0, 0.1) is 11.3 Å². The number of aromatic amines is 1. The first-order chi connectivity index (χ1) is 9.71. The van der Waals surface area contributed by atoms with E-state index in [-0.39, 0.29) is 0 Å². The summed E-state index contributed by atoms with van der Waals surface area (Å²) < 4.78 is 0. The molecule has 1 aliphatic heterocycles. The number of aromatic nitrogens is 3. The number of rotatable bonds is 3. The van der Waals surface area contributed by atoms with Gasteiger partial charge < -0.3 is 5.11 Å². The van der Waals surface area contributed by atoms with Crippen molar-refractivity contribution in [2.45, 2.75) is 18.6 Å². The highest BCUT2D eigenvalue weighted by Gasteiger charge is 2.39. The number of hydrogen-bond acceptors (Lipinski definition) is 5. The van der Waals surface area contributed by atoms with Crippen molar-refractivity contribution in [2.75, 3.05) is 13.1 Å². The Morgan fingerprint density at radius 2 is 2.30 bits per heavy atom. The maximum Gasteiger partial charge on any atom is 0.124 e. The molecule has 1 aliphatic rings. The number of aliphatic hydroxyl groups is 1. The lowest BCUT2D eigenvalue weighted by Crippen LogP contribution is -2.31. The third-order valence-electron chi connectivity index (χ3n) is 3.75. The second-order valence-electron chi connectivity index (χ2n) is 5.12. The number of benzene rings is 1. The summed E-state index contributed by atoms with van der Waals surface area (Å²) in [4.78, 5) is 2.13. The van der Waals surface area contributed by atoms with Crippen LogP contribution in [0.4, 0.5) is 0 Å². The van der Waals surface area contributed by atoms with Gasteiger partial charge >= 0.3 is 0 Å². The zero-order chi connectivity index (χ0) is 14.0. The Morgan fingerprint density at radius 3 is 3.05 bits per heavy atom. The monoisotopic (exact) mass is 269 g/mol. The van der Waals surface area contributed by atoms with Crippen LogP contribution in [-0.2, 0) is 12.1 Å². The van der Waals surface area contributed by atoms with Gasteiger partial charge in [0.05, 0.1) is 17.8 Å². The van der Waals surface area contributed by atoms with Gasteiger partial charge in [-0.1, -0.05) is 18.2 Å². The molecule has 20 heavy (non-hydrogen) atoms. The summed E-state index contributed by atoms with van der Waals surface area (Å²) in [7, 11) is 0. The van der Waals surface area contributed by atoms with Crippen LogP contribution in [-0.4, -0.2) is 38.5 Å². The molecule has 0 radical (unpaired) electrons. The lowest BCUT2D eigenvalue weighted by Gasteiger charge is -2.21. The maximum atomic E-state index is 10.6. The van der Waals surface area contributed by atoms with Crippen molar-refractivity contribution in [3.8, 4) is 6.07 Å². The average molecular weight is 269 g/mol. The molecule has 102 valence electrons. The number of nitriles is 1.